The zero-order valence-electron chi connectivity index (χ0n) is 8.28. The summed E-state index contributed by atoms with van der Waals surface area (Å²) in [6, 6.07) is 0. The Morgan fingerprint density at radius 1 is 1.64 bits per heavy atom. The average Bonchev–Trinajstić information content (AvgIpc) is 2.14. The van der Waals surface area contributed by atoms with E-state index in [0.29, 0.717) is 13.5 Å². The van der Waals surface area contributed by atoms with Crippen LogP contribution in [0.2, 0.25) is 0 Å². The van der Waals surface area contributed by atoms with E-state index in [1.807, 2.05) is 0 Å². The summed E-state index contributed by atoms with van der Waals surface area (Å²) in [5.41, 5.74) is 0. The largest absolute Gasteiger partial charge is 0.351 e. The number of hydrogen-bond acceptors (Lipinski definition) is 2. The highest BCUT2D eigenvalue weighted by atomic mass is 19.3. The Labute approximate surface area is 82.2 Å². The smallest absolute Gasteiger partial charge is 0.321 e. The molecule has 1 aliphatic heterocycles. The molecule has 0 bridgehead atoms. The van der Waals surface area contributed by atoms with Crippen LogP contribution in [0.5, 0.6) is 0 Å². The third-order valence-electron chi connectivity index (χ3n) is 2.35. The third kappa shape index (κ3) is 3.57. The lowest BCUT2D eigenvalue weighted by Gasteiger charge is -2.23. The van der Waals surface area contributed by atoms with Gasteiger partial charge in [0.05, 0.1) is 0 Å². The Morgan fingerprint density at radius 3 is 2.86 bits per heavy atom. The van der Waals surface area contributed by atoms with Gasteiger partial charge in [0.2, 0.25) is 0 Å². The standard InChI is InChI=1S/C9H16F2N2O/c1-9(10,11)8(14)13-6-7-3-2-4-12-5-7/h7,12H,2-6H2,1H3,(H,13,14). The van der Waals surface area contributed by atoms with Crippen LogP contribution in [0.1, 0.15) is 19.8 Å². The predicted octanol–water partition coefficient (Wildman–Crippen LogP) is 0.757. The van der Waals surface area contributed by atoms with Gasteiger partial charge in [-0.2, -0.15) is 8.78 Å². The Kier molecular flexibility index (Phi) is 3.80. The van der Waals surface area contributed by atoms with Gasteiger partial charge in [0.25, 0.3) is 5.91 Å². The highest BCUT2D eigenvalue weighted by Gasteiger charge is 2.32. The van der Waals surface area contributed by atoms with Gasteiger partial charge in [0.15, 0.2) is 0 Å². The topological polar surface area (TPSA) is 41.1 Å². The van der Waals surface area contributed by atoms with Gasteiger partial charge in [-0.3, -0.25) is 4.79 Å². The summed E-state index contributed by atoms with van der Waals surface area (Å²) in [5.74, 6) is -4.15. The minimum absolute atomic E-state index is 0.287. The molecule has 5 heteroatoms. The normalized spacial score (nSPS) is 23.2. The second-order valence-electron chi connectivity index (χ2n) is 3.81. The number of alkyl halides is 2. The average molecular weight is 206 g/mol. The number of carbonyl (C=O) groups excluding carboxylic acids is 1. The molecule has 1 rings (SSSR count). The molecule has 14 heavy (non-hydrogen) atoms. The molecule has 1 saturated heterocycles. The fourth-order valence-corrected chi connectivity index (χ4v) is 1.49. The monoisotopic (exact) mass is 206 g/mol. The van der Waals surface area contributed by atoms with Crippen LogP contribution >= 0.6 is 0 Å². The minimum atomic E-state index is -3.26. The van der Waals surface area contributed by atoms with Crippen molar-refractivity contribution in [2.45, 2.75) is 25.7 Å². The van der Waals surface area contributed by atoms with E-state index in [2.05, 4.69) is 10.6 Å². The van der Waals surface area contributed by atoms with E-state index < -0.39 is 11.8 Å². The molecule has 1 atom stereocenters. The van der Waals surface area contributed by atoms with E-state index in [4.69, 9.17) is 0 Å². The Balaban J connectivity index is 2.22. The molecule has 0 spiro atoms. The second kappa shape index (κ2) is 4.68. The van der Waals surface area contributed by atoms with Crippen LogP contribution in [0.25, 0.3) is 0 Å². The number of carbonyl (C=O) groups is 1. The molecule has 0 aromatic heterocycles. The van der Waals surface area contributed by atoms with Gasteiger partial charge < -0.3 is 10.6 Å². The van der Waals surface area contributed by atoms with Crippen LogP contribution < -0.4 is 10.6 Å². The zero-order chi connectivity index (χ0) is 10.6. The SMILES string of the molecule is CC(F)(F)C(=O)NCC1CCCNC1. The van der Waals surface area contributed by atoms with Crippen molar-refractivity contribution in [3.63, 3.8) is 0 Å². The first kappa shape index (κ1) is 11.4. The van der Waals surface area contributed by atoms with E-state index >= 15 is 0 Å². The molecule has 1 amide bonds. The van der Waals surface area contributed by atoms with Gasteiger partial charge in [-0.05, 0) is 31.8 Å². The number of amides is 1. The van der Waals surface area contributed by atoms with Crippen LogP contribution in [-0.2, 0) is 4.79 Å². The second-order valence-corrected chi connectivity index (χ2v) is 3.81. The molecule has 0 radical (unpaired) electrons. The number of halogens is 2. The van der Waals surface area contributed by atoms with Crippen molar-refractivity contribution < 1.29 is 13.6 Å². The molecular formula is C9H16F2N2O. The minimum Gasteiger partial charge on any atom is -0.351 e. The van der Waals surface area contributed by atoms with Crippen molar-refractivity contribution in [2.75, 3.05) is 19.6 Å². The molecule has 82 valence electrons. The lowest BCUT2D eigenvalue weighted by molar-refractivity contribution is -0.143. The first-order valence-corrected chi connectivity index (χ1v) is 4.87. The van der Waals surface area contributed by atoms with Crippen molar-refractivity contribution in [3.05, 3.63) is 0 Å². The van der Waals surface area contributed by atoms with Crippen LogP contribution in [0.4, 0.5) is 8.78 Å². The van der Waals surface area contributed by atoms with Crippen LogP contribution in [-0.4, -0.2) is 31.5 Å². The Hall–Kier alpha value is -0.710. The summed E-state index contributed by atoms with van der Waals surface area (Å²) in [6.07, 6.45) is 2.03. The van der Waals surface area contributed by atoms with Crippen LogP contribution in [0.3, 0.4) is 0 Å². The van der Waals surface area contributed by atoms with E-state index in [1.165, 1.54) is 0 Å². The molecule has 0 aromatic rings. The first-order chi connectivity index (χ1) is 6.50. The van der Waals surface area contributed by atoms with Gasteiger partial charge in [-0.1, -0.05) is 0 Å². The summed E-state index contributed by atoms with van der Waals surface area (Å²) in [5, 5.41) is 5.42. The summed E-state index contributed by atoms with van der Waals surface area (Å²) >= 11 is 0. The Morgan fingerprint density at radius 2 is 2.36 bits per heavy atom. The van der Waals surface area contributed by atoms with Crippen molar-refractivity contribution in [1.82, 2.24) is 10.6 Å². The predicted molar refractivity (Wildman–Crippen MR) is 49.2 cm³/mol. The fourth-order valence-electron chi connectivity index (χ4n) is 1.49. The molecule has 1 heterocycles. The maximum atomic E-state index is 12.4. The number of rotatable bonds is 3. The summed E-state index contributed by atoms with van der Waals surface area (Å²) in [6.45, 7) is 2.74. The molecular weight excluding hydrogens is 190 g/mol. The van der Waals surface area contributed by atoms with Crippen molar-refractivity contribution in [2.24, 2.45) is 5.92 Å². The number of nitrogens with one attached hydrogen (secondary N) is 2. The molecule has 0 aliphatic carbocycles. The van der Waals surface area contributed by atoms with Gasteiger partial charge >= 0.3 is 5.92 Å². The molecule has 0 aromatic carbocycles. The molecule has 1 aliphatic rings. The van der Waals surface area contributed by atoms with E-state index in [1.54, 1.807) is 0 Å². The number of hydrogen-bond donors (Lipinski definition) is 2. The molecule has 1 fully saturated rings. The highest BCUT2D eigenvalue weighted by molar-refractivity contribution is 5.82. The van der Waals surface area contributed by atoms with Gasteiger partial charge in [0.1, 0.15) is 0 Å². The lowest BCUT2D eigenvalue weighted by atomic mass is 10.00. The van der Waals surface area contributed by atoms with E-state index in [9.17, 15) is 13.6 Å². The lowest BCUT2D eigenvalue weighted by Crippen LogP contribution is -2.43. The van der Waals surface area contributed by atoms with E-state index in [-0.39, 0.29) is 5.92 Å². The van der Waals surface area contributed by atoms with Crippen LogP contribution in [0, 0.1) is 5.92 Å². The quantitative estimate of drug-likeness (QED) is 0.715. The van der Waals surface area contributed by atoms with Gasteiger partial charge in [0, 0.05) is 13.5 Å². The Bertz CT molecular complexity index is 197. The molecule has 2 N–H and O–H groups in total. The summed E-state index contributed by atoms with van der Waals surface area (Å²) in [7, 11) is 0. The van der Waals surface area contributed by atoms with Gasteiger partial charge in [-0.25, -0.2) is 0 Å². The van der Waals surface area contributed by atoms with Crippen molar-refractivity contribution in [3.8, 4) is 0 Å². The van der Waals surface area contributed by atoms with E-state index in [0.717, 1.165) is 25.9 Å². The summed E-state index contributed by atoms with van der Waals surface area (Å²) in [4.78, 5) is 10.8. The highest BCUT2D eigenvalue weighted by Crippen LogP contribution is 2.12. The maximum absolute atomic E-state index is 12.4. The zero-order valence-corrected chi connectivity index (χ0v) is 8.28. The molecule has 0 saturated carbocycles. The third-order valence-corrected chi connectivity index (χ3v) is 2.35. The molecule has 3 nitrogen and oxygen atoms in total. The van der Waals surface area contributed by atoms with Crippen LogP contribution in [0.15, 0.2) is 0 Å². The van der Waals surface area contributed by atoms with Gasteiger partial charge in [-0.15, -0.1) is 0 Å². The maximum Gasteiger partial charge on any atom is 0.321 e. The van der Waals surface area contributed by atoms with Crippen molar-refractivity contribution >= 4 is 5.91 Å². The van der Waals surface area contributed by atoms with Crippen molar-refractivity contribution in [1.29, 1.82) is 0 Å². The number of piperidine rings is 1. The first-order valence-electron chi connectivity index (χ1n) is 4.87. The fraction of sp³-hybridized carbons (Fsp3) is 0.889. The summed E-state index contributed by atoms with van der Waals surface area (Å²) < 4.78 is 24.9. The molecule has 1 unspecified atom stereocenters.